The second-order valence-electron chi connectivity index (χ2n) is 8.57. The molecule has 1 aromatic heterocycles. The van der Waals surface area contributed by atoms with Crippen LogP contribution in [0.5, 0.6) is 0 Å². The third-order valence-corrected chi connectivity index (χ3v) is 5.35. The SMILES string of the molecule is CC(C)(C)OC(=O)N1CCN(c2nc3ccccc3n2Cc2ccc(Cl)cc2)CC1. The van der Waals surface area contributed by atoms with Crippen LogP contribution >= 0.6 is 11.6 Å². The summed E-state index contributed by atoms with van der Waals surface area (Å²) in [4.78, 5) is 21.3. The molecule has 4 rings (SSSR count). The summed E-state index contributed by atoms with van der Waals surface area (Å²) >= 11 is 6.05. The summed E-state index contributed by atoms with van der Waals surface area (Å²) in [7, 11) is 0. The van der Waals surface area contributed by atoms with Crippen molar-refractivity contribution in [1.29, 1.82) is 0 Å². The van der Waals surface area contributed by atoms with Crippen molar-refractivity contribution in [3.63, 3.8) is 0 Å². The Morgan fingerprint density at radius 3 is 2.37 bits per heavy atom. The molecule has 30 heavy (non-hydrogen) atoms. The Bertz CT molecular complexity index is 1030. The predicted molar refractivity (Wildman–Crippen MR) is 120 cm³/mol. The Morgan fingerprint density at radius 1 is 1.03 bits per heavy atom. The molecule has 0 N–H and O–H groups in total. The molecule has 1 amide bonds. The van der Waals surface area contributed by atoms with Crippen molar-refractivity contribution >= 4 is 34.7 Å². The number of carbonyl (C=O) groups is 1. The number of piperazine rings is 1. The van der Waals surface area contributed by atoms with Crippen LogP contribution < -0.4 is 4.90 Å². The maximum Gasteiger partial charge on any atom is 0.410 e. The highest BCUT2D eigenvalue weighted by molar-refractivity contribution is 6.30. The quantitative estimate of drug-likeness (QED) is 0.603. The fraction of sp³-hybridized carbons (Fsp3) is 0.391. The number of para-hydroxylation sites is 2. The topological polar surface area (TPSA) is 50.6 Å². The lowest BCUT2D eigenvalue weighted by Crippen LogP contribution is -2.50. The van der Waals surface area contributed by atoms with Gasteiger partial charge in [-0.15, -0.1) is 0 Å². The van der Waals surface area contributed by atoms with Gasteiger partial charge in [0.05, 0.1) is 17.6 Å². The van der Waals surface area contributed by atoms with Crippen molar-refractivity contribution in [3.8, 4) is 0 Å². The fourth-order valence-corrected chi connectivity index (χ4v) is 3.77. The van der Waals surface area contributed by atoms with Crippen LogP contribution in [0.2, 0.25) is 5.02 Å². The number of carbonyl (C=O) groups excluding carboxylic acids is 1. The first-order valence-corrected chi connectivity index (χ1v) is 10.6. The molecule has 7 heteroatoms. The number of hydrogen-bond acceptors (Lipinski definition) is 4. The Morgan fingerprint density at radius 2 is 1.70 bits per heavy atom. The summed E-state index contributed by atoms with van der Waals surface area (Å²) in [6.45, 7) is 9.02. The van der Waals surface area contributed by atoms with E-state index in [0.717, 1.165) is 27.6 Å². The van der Waals surface area contributed by atoms with E-state index >= 15 is 0 Å². The first-order chi connectivity index (χ1) is 14.3. The van der Waals surface area contributed by atoms with Gasteiger partial charge in [0.1, 0.15) is 5.60 Å². The average molecular weight is 427 g/mol. The van der Waals surface area contributed by atoms with Gasteiger partial charge in [-0.3, -0.25) is 0 Å². The molecule has 0 spiro atoms. The van der Waals surface area contributed by atoms with Crippen molar-refractivity contribution in [1.82, 2.24) is 14.5 Å². The minimum atomic E-state index is -0.485. The van der Waals surface area contributed by atoms with E-state index in [1.54, 1.807) is 4.90 Å². The number of hydrogen-bond donors (Lipinski definition) is 0. The van der Waals surface area contributed by atoms with Crippen LogP contribution in [0.15, 0.2) is 48.5 Å². The minimum absolute atomic E-state index is 0.253. The first-order valence-electron chi connectivity index (χ1n) is 10.2. The lowest BCUT2D eigenvalue weighted by Gasteiger charge is -2.36. The largest absolute Gasteiger partial charge is 0.444 e. The third kappa shape index (κ3) is 4.54. The van der Waals surface area contributed by atoms with E-state index in [9.17, 15) is 4.79 Å². The Balaban J connectivity index is 1.56. The Labute approximate surface area is 182 Å². The van der Waals surface area contributed by atoms with Gasteiger partial charge in [0.15, 0.2) is 0 Å². The summed E-state index contributed by atoms with van der Waals surface area (Å²) in [5.41, 5.74) is 2.74. The van der Waals surface area contributed by atoms with Crippen LogP contribution in [0.4, 0.5) is 10.7 Å². The monoisotopic (exact) mass is 426 g/mol. The average Bonchev–Trinajstić information content (AvgIpc) is 3.07. The van der Waals surface area contributed by atoms with E-state index < -0.39 is 5.60 Å². The van der Waals surface area contributed by atoms with Crippen molar-refractivity contribution < 1.29 is 9.53 Å². The van der Waals surface area contributed by atoms with Crippen LogP contribution in [-0.4, -0.2) is 52.3 Å². The molecular weight excluding hydrogens is 400 g/mol. The van der Waals surface area contributed by atoms with Gasteiger partial charge in [-0.25, -0.2) is 9.78 Å². The van der Waals surface area contributed by atoms with E-state index in [0.29, 0.717) is 32.7 Å². The number of anilines is 1. The number of ether oxygens (including phenoxy) is 1. The highest BCUT2D eigenvalue weighted by Gasteiger charge is 2.28. The van der Waals surface area contributed by atoms with Crippen LogP contribution in [0.1, 0.15) is 26.3 Å². The molecule has 3 aromatic rings. The summed E-state index contributed by atoms with van der Waals surface area (Å²) in [6, 6.07) is 16.1. The summed E-state index contributed by atoms with van der Waals surface area (Å²) in [5, 5.41) is 0.729. The van der Waals surface area contributed by atoms with Gasteiger partial charge in [-0.05, 0) is 50.6 Å². The lowest BCUT2D eigenvalue weighted by atomic mass is 10.2. The molecule has 1 fully saturated rings. The molecule has 1 aliphatic heterocycles. The number of fused-ring (bicyclic) bond motifs is 1. The number of nitrogens with zero attached hydrogens (tertiary/aromatic N) is 4. The molecule has 158 valence electrons. The van der Waals surface area contributed by atoms with Crippen LogP contribution in [-0.2, 0) is 11.3 Å². The molecule has 1 aliphatic rings. The van der Waals surface area contributed by atoms with E-state index in [1.807, 2.05) is 63.2 Å². The molecule has 1 saturated heterocycles. The number of amides is 1. The first kappa shape index (κ1) is 20.5. The fourth-order valence-electron chi connectivity index (χ4n) is 3.65. The van der Waals surface area contributed by atoms with Gasteiger partial charge in [0.2, 0.25) is 5.95 Å². The molecule has 2 heterocycles. The van der Waals surface area contributed by atoms with Gasteiger partial charge in [-0.2, -0.15) is 0 Å². The maximum absolute atomic E-state index is 12.4. The number of halogens is 1. The zero-order chi connectivity index (χ0) is 21.3. The Kier molecular flexibility index (Phi) is 5.60. The number of rotatable bonds is 3. The van der Waals surface area contributed by atoms with Crippen molar-refractivity contribution in [3.05, 3.63) is 59.1 Å². The standard InChI is InChI=1S/C23H27ClN4O2/c1-23(2,3)30-22(29)27-14-12-26(13-15-27)21-25-19-6-4-5-7-20(19)28(21)16-17-8-10-18(24)11-9-17/h4-11H,12-16H2,1-3H3. The van der Waals surface area contributed by atoms with Gasteiger partial charge >= 0.3 is 6.09 Å². The van der Waals surface area contributed by atoms with Gasteiger partial charge in [0, 0.05) is 31.2 Å². The second kappa shape index (κ2) is 8.19. The maximum atomic E-state index is 12.4. The zero-order valence-corrected chi connectivity index (χ0v) is 18.4. The summed E-state index contributed by atoms with van der Waals surface area (Å²) in [5.74, 6) is 0.926. The normalized spacial score (nSPS) is 14.9. The zero-order valence-electron chi connectivity index (χ0n) is 17.6. The molecule has 0 aliphatic carbocycles. The molecule has 2 aromatic carbocycles. The van der Waals surface area contributed by atoms with E-state index in [-0.39, 0.29) is 6.09 Å². The van der Waals surface area contributed by atoms with Crippen molar-refractivity contribution in [2.24, 2.45) is 0 Å². The van der Waals surface area contributed by atoms with E-state index in [4.69, 9.17) is 21.3 Å². The number of aromatic nitrogens is 2. The summed E-state index contributed by atoms with van der Waals surface area (Å²) < 4.78 is 7.75. The van der Waals surface area contributed by atoms with Gasteiger partial charge in [0.25, 0.3) is 0 Å². The van der Waals surface area contributed by atoms with Gasteiger partial charge in [-0.1, -0.05) is 35.9 Å². The van der Waals surface area contributed by atoms with Crippen LogP contribution in [0, 0.1) is 0 Å². The third-order valence-electron chi connectivity index (χ3n) is 5.10. The van der Waals surface area contributed by atoms with Gasteiger partial charge < -0.3 is 19.1 Å². The van der Waals surface area contributed by atoms with Crippen molar-refractivity contribution in [2.75, 3.05) is 31.1 Å². The summed E-state index contributed by atoms with van der Waals surface area (Å²) in [6.07, 6.45) is -0.253. The van der Waals surface area contributed by atoms with Crippen LogP contribution in [0.3, 0.4) is 0 Å². The van der Waals surface area contributed by atoms with Crippen LogP contribution in [0.25, 0.3) is 11.0 Å². The molecule has 0 radical (unpaired) electrons. The molecular formula is C23H27ClN4O2. The molecule has 6 nitrogen and oxygen atoms in total. The molecule has 0 atom stereocenters. The highest BCUT2D eigenvalue weighted by Crippen LogP contribution is 2.25. The smallest absolute Gasteiger partial charge is 0.410 e. The molecule has 0 unspecified atom stereocenters. The highest BCUT2D eigenvalue weighted by atomic mass is 35.5. The minimum Gasteiger partial charge on any atom is -0.444 e. The van der Waals surface area contributed by atoms with E-state index in [2.05, 4.69) is 15.5 Å². The van der Waals surface area contributed by atoms with E-state index in [1.165, 1.54) is 0 Å². The molecule has 0 bridgehead atoms. The number of imidazole rings is 1. The lowest BCUT2D eigenvalue weighted by molar-refractivity contribution is 0.0240. The Hall–Kier alpha value is -2.73. The van der Waals surface area contributed by atoms with Crippen molar-refractivity contribution in [2.45, 2.75) is 32.9 Å². The number of benzene rings is 2. The second-order valence-corrected chi connectivity index (χ2v) is 9.00. The molecule has 0 saturated carbocycles. The predicted octanol–water partition coefficient (Wildman–Crippen LogP) is 4.80.